The lowest BCUT2D eigenvalue weighted by Crippen LogP contribution is -1.95. The minimum atomic E-state index is -0.913. The molecule has 5 heteroatoms. The van der Waals surface area contributed by atoms with Crippen molar-refractivity contribution in [1.29, 1.82) is 0 Å². The van der Waals surface area contributed by atoms with Crippen LogP contribution in [0.25, 0.3) is 10.1 Å². The first-order chi connectivity index (χ1) is 9.24. The van der Waals surface area contributed by atoms with Crippen LogP contribution in [0.2, 0.25) is 0 Å². The van der Waals surface area contributed by atoms with Gasteiger partial charge in [0, 0.05) is 21.2 Å². The van der Waals surface area contributed by atoms with Crippen LogP contribution in [-0.2, 0) is 0 Å². The van der Waals surface area contributed by atoms with Gasteiger partial charge < -0.3 is 5.11 Å². The highest BCUT2D eigenvalue weighted by Gasteiger charge is 2.08. The number of carboxylic acid groups (broad SMARTS) is 1. The third-order valence-electron chi connectivity index (χ3n) is 2.64. The highest BCUT2D eigenvalue weighted by molar-refractivity contribution is 7.99. The van der Waals surface area contributed by atoms with Crippen LogP contribution < -0.4 is 0 Å². The number of benzene rings is 1. The first-order valence-electron chi connectivity index (χ1n) is 5.57. The molecule has 0 unspecified atom stereocenters. The molecule has 3 nitrogen and oxygen atoms in total. The summed E-state index contributed by atoms with van der Waals surface area (Å²) in [6.45, 7) is 0. The molecule has 0 radical (unpaired) electrons. The molecule has 3 aromatic rings. The van der Waals surface area contributed by atoms with Crippen LogP contribution in [-0.4, -0.2) is 16.1 Å². The van der Waals surface area contributed by atoms with E-state index in [2.05, 4.69) is 4.98 Å². The number of rotatable bonds is 3. The van der Waals surface area contributed by atoms with Gasteiger partial charge in [-0.2, -0.15) is 0 Å². The molecule has 0 aliphatic heterocycles. The third kappa shape index (κ3) is 2.47. The van der Waals surface area contributed by atoms with E-state index in [0.717, 1.165) is 15.3 Å². The molecule has 2 aromatic heterocycles. The lowest BCUT2D eigenvalue weighted by atomic mass is 10.2. The Hall–Kier alpha value is -1.85. The molecule has 1 N–H and O–H groups in total. The molecule has 0 aliphatic carbocycles. The molecule has 0 bridgehead atoms. The maximum absolute atomic E-state index is 11.0. The van der Waals surface area contributed by atoms with Gasteiger partial charge in [0.15, 0.2) is 0 Å². The molecule has 94 valence electrons. The number of aromatic nitrogens is 1. The van der Waals surface area contributed by atoms with Crippen LogP contribution in [0.3, 0.4) is 0 Å². The third-order valence-corrected chi connectivity index (χ3v) is 4.53. The number of carboxylic acids is 1. The normalized spacial score (nSPS) is 10.7. The smallest absolute Gasteiger partial charge is 0.335 e. The fraction of sp³-hybridized carbons (Fsp3) is 0. The van der Waals surface area contributed by atoms with Crippen LogP contribution in [0.5, 0.6) is 0 Å². The Morgan fingerprint density at radius 1 is 1.26 bits per heavy atom. The van der Waals surface area contributed by atoms with Gasteiger partial charge >= 0.3 is 5.97 Å². The molecule has 0 saturated heterocycles. The van der Waals surface area contributed by atoms with Gasteiger partial charge in [-0.1, -0.05) is 17.8 Å². The monoisotopic (exact) mass is 287 g/mol. The number of hydrogen-bond donors (Lipinski definition) is 1. The zero-order valence-electron chi connectivity index (χ0n) is 9.74. The predicted molar refractivity (Wildman–Crippen MR) is 77.1 cm³/mol. The molecular formula is C14H9NO2S2. The van der Waals surface area contributed by atoms with Gasteiger partial charge in [0.2, 0.25) is 0 Å². The Balaban J connectivity index is 1.99. The van der Waals surface area contributed by atoms with E-state index in [9.17, 15) is 4.79 Å². The first-order valence-corrected chi connectivity index (χ1v) is 7.27. The van der Waals surface area contributed by atoms with Gasteiger partial charge in [-0.15, -0.1) is 11.3 Å². The quantitative estimate of drug-likeness (QED) is 0.786. The Kier molecular flexibility index (Phi) is 3.23. The van der Waals surface area contributed by atoms with Crippen molar-refractivity contribution in [3.63, 3.8) is 0 Å². The van der Waals surface area contributed by atoms with Crippen molar-refractivity contribution in [3.8, 4) is 0 Å². The van der Waals surface area contributed by atoms with E-state index in [1.165, 1.54) is 16.5 Å². The average molecular weight is 287 g/mol. The van der Waals surface area contributed by atoms with Crippen molar-refractivity contribution >= 4 is 39.2 Å². The van der Waals surface area contributed by atoms with Crippen LogP contribution in [0, 0.1) is 0 Å². The maximum Gasteiger partial charge on any atom is 0.335 e. The number of fused-ring (bicyclic) bond motifs is 1. The summed E-state index contributed by atoms with van der Waals surface area (Å²) in [6.07, 6.45) is 1.78. The van der Waals surface area contributed by atoms with E-state index in [1.807, 2.05) is 23.6 Å². The van der Waals surface area contributed by atoms with Gasteiger partial charge in [0.05, 0.1) is 5.56 Å². The summed E-state index contributed by atoms with van der Waals surface area (Å²) >= 11 is 3.16. The number of hydrogen-bond acceptors (Lipinski definition) is 4. The lowest BCUT2D eigenvalue weighted by Gasteiger charge is -2.03. The number of nitrogens with zero attached hydrogens (tertiary/aromatic N) is 1. The minimum Gasteiger partial charge on any atom is -0.478 e. The highest BCUT2D eigenvalue weighted by atomic mass is 32.2. The second-order valence-corrected chi connectivity index (χ2v) is 5.89. The minimum absolute atomic E-state index is 0.294. The molecule has 0 fully saturated rings. The SMILES string of the molecule is O=C(O)c1cccc(Sc2nccc3sccc23)c1. The average Bonchev–Trinajstić information content (AvgIpc) is 2.88. The van der Waals surface area contributed by atoms with E-state index >= 15 is 0 Å². The molecule has 0 saturated carbocycles. The lowest BCUT2D eigenvalue weighted by molar-refractivity contribution is 0.0696. The zero-order valence-corrected chi connectivity index (χ0v) is 11.4. The molecule has 0 amide bonds. The first kappa shape index (κ1) is 12.2. The molecule has 2 heterocycles. The Morgan fingerprint density at radius 2 is 2.16 bits per heavy atom. The molecule has 3 rings (SSSR count). The van der Waals surface area contributed by atoms with Crippen molar-refractivity contribution < 1.29 is 9.90 Å². The topological polar surface area (TPSA) is 50.2 Å². The van der Waals surface area contributed by atoms with Crippen molar-refractivity contribution in [1.82, 2.24) is 4.98 Å². The summed E-state index contributed by atoms with van der Waals surface area (Å²) in [5.74, 6) is -0.913. The molecule has 19 heavy (non-hydrogen) atoms. The second-order valence-electron chi connectivity index (χ2n) is 3.88. The van der Waals surface area contributed by atoms with Crippen LogP contribution >= 0.6 is 23.1 Å². The maximum atomic E-state index is 11.0. The van der Waals surface area contributed by atoms with E-state index in [0.29, 0.717) is 5.56 Å². The van der Waals surface area contributed by atoms with E-state index in [-0.39, 0.29) is 0 Å². The van der Waals surface area contributed by atoms with E-state index in [4.69, 9.17) is 5.11 Å². The molecule has 0 atom stereocenters. The van der Waals surface area contributed by atoms with Crippen molar-refractivity contribution in [2.45, 2.75) is 9.92 Å². The Morgan fingerprint density at radius 3 is 3.00 bits per heavy atom. The summed E-state index contributed by atoms with van der Waals surface area (Å²) in [5.41, 5.74) is 0.294. The summed E-state index contributed by atoms with van der Waals surface area (Å²) < 4.78 is 1.19. The largest absolute Gasteiger partial charge is 0.478 e. The number of pyridine rings is 1. The molecule has 1 aromatic carbocycles. The van der Waals surface area contributed by atoms with Gasteiger partial charge in [0.1, 0.15) is 5.03 Å². The standard InChI is InChI=1S/C14H9NO2S2/c16-14(17)9-2-1-3-10(8-9)19-13-11-5-7-18-12(11)4-6-15-13/h1-8H,(H,16,17). The van der Waals surface area contributed by atoms with E-state index < -0.39 is 5.97 Å². The Labute approximate surface area is 117 Å². The number of thiophene rings is 1. The van der Waals surface area contributed by atoms with Gasteiger partial charge in [-0.3, -0.25) is 0 Å². The molecule has 0 spiro atoms. The number of aromatic carboxylic acids is 1. The Bertz CT molecular complexity index is 752. The molecular weight excluding hydrogens is 278 g/mol. The summed E-state index contributed by atoms with van der Waals surface area (Å²) in [5, 5.41) is 13.0. The van der Waals surface area contributed by atoms with Crippen LogP contribution in [0.4, 0.5) is 0 Å². The molecule has 0 aliphatic rings. The fourth-order valence-corrected chi connectivity index (χ4v) is 3.56. The fourth-order valence-electron chi connectivity index (χ4n) is 1.75. The van der Waals surface area contributed by atoms with Crippen molar-refractivity contribution in [2.75, 3.05) is 0 Å². The summed E-state index contributed by atoms with van der Waals surface area (Å²) in [4.78, 5) is 16.2. The zero-order chi connectivity index (χ0) is 13.2. The predicted octanol–water partition coefficient (Wildman–Crippen LogP) is 4.15. The van der Waals surface area contributed by atoms with E-state index in [1.54, 1.807) is 35.7 Å². The number of carbonyl (C=O) groups is 1. The summed E-state index contributed by atoms with van der Waals surface area (Å²) in [7, 11) is 0. The van der Waals surface area contributed by atoms with Crippen molar-refractivity contribution in [2.24, 2.45) is 0 Å². The summed E-state index contributed by atoms with van der Waals surface area (Å²) in [6, 6.07) is 10.9. The van der Waals surface area contributed by atoms with Crippen molar-refractivity contribution in [3.05, 3.63) is 53.5 Å². The van der Waals surface area contributed by atoms with Gasteiger partial charge in [0.25, 0.3) is 0 Å². The van der Waals surface area contributed by atoms with Crippen LogP contribution in [0.15, 0.2) is 57.9 Å². The van der Waals surface area contributed by atoms with Gasteiger partial charge in [-0.05, 0) is 35.7 Å². The van der Waals surface area contributed by atoms with Crippen LogP contribution in [0.1, 0.15) is 10.4 Å². The highest BCUT2D eigenvalue weighted by Crippen LogP contribution is 2.33. The second kappa shape index (κ2) is 5.03. The van der Waals surface area contributed by atoms with Gasteiger partial charge in [-0.25, -0.2) is 9.78 Å².